The fourth-order valence-corrected chi connectivity index (χ4v) is 6.66. The normalized spacial score (nSPS) is 21.9. The van der Waals surface area contributed by atoms with Crippen molar-refractivity contribution in [3.8, 4) is 0 Å². The lowest BCUT2D eigenvalue weighted by atomic mass is 9.97. The number of likely N-dealkylation sites (tertiary alicyclic amines) is 1. The van der Waals surface area contributed by atoms with Crippen LogP contribution in [0.2, 0.25) is 0 Å². The second-order valence-corrected chi connectivity index (χ2v) is 11.3. The summed E-state index contributed by atoms with van der Waals surface area (Å²) in [5, 5.41) is 8.10. The largest absolute Gasteiger partial charge is 0.393 e. The maximum absolute atomic E-state index is 13.0. The first-order valence-electron chi connectivity index (χ1n) is 13.0. The summed E-state index contributed by atoms with van der Waals surface area (Å²) < 4.78 is 38.9. The highest BCUT2D eigenvalue weighted by molar-refractivity contribution is 7.18. The average molecular weight is 518 g/mol. The van der Waals surface area contributed by atoms with Crippen LogP contribution >= 0.6 is 11.3 Å². The minimum atomic E-state index is -4.23. The third-order valence-electron chi connectivity index (χ3n) is 7.46. The number of nitrogens with zero attached hydrogens (tertiary/aromatic N) is 3. The average Bonchev–Trinajstić information content (AvgIpc) is 3.50. The maximum Gasteiger partial charge on any atom is 0.393 e. The first-order chi connectivity index (χ1) is 17.4. The van der Waals surface area contributed by atoms with Gasteiger partial charge in [-0.2, -0.15) is 13.2 Å². The molecule has 194 valence electrons. The van der Waals surface area contributed by atoms with Gasteiger partial charge in [-0.1, -0.05) is 56.0 Å². The van der Waals surface area contributed by atoms with Crippen molar-refractivity contribution in [3.63, 3.8) is 0 Å². The predicted molar refractivity (Wildman–Crippen MR) is 139 cm³/mol. The van der Waals surface area contributed by atoms with Crippen LogP contribution in [0.1, 0.15) is 49.0 Å². The highest BCUT2D eigenvalue weighted by Gasteiger charge is 2.31. The molecule has 1 aromatic carbocycles. The smallest absolute Gasteiger partial charge is 0.365 e. The Morgan fingerprint density at radius 2 is 1.83 bits per heavy atom. The summed E-state index contributed by atoms with van der Waals surface area (Å²) in [6.07, 6.45) is 3.79. The molecule has 3 heterocycles. The van der Waals surface area contributed by atoms with Crippen molar-refractivity contribution in [3.05, 3.63) is 53.2 Å². The van der Waals surface area contributed by atoms with E-state index in [9.17, 15) is 13.2 Å². The number of halogens is 3. The predicted octanol–water partition coefficient (Wildman–Crippen LogP) is 6.02. The van der Waals surface area contributed by atoms with E-state index < -0.39 is 12.6 Å². The number of hydrogen-bond acceptors (Lipinski definition) is 6. The number of piperidine rings is 1. The lowest BCUT2D eigenvalue weighted by molar-refractivity contribution is -0.126. The molecule has 2 aromatic heterocycles. The molecular weight excluding hydrogens is 483 g/mol. The molecule has 2 N–H and O–H groups in total. The molecule has 2 unspecified atom stereocenters. The summed E-state index contributed by atoms with van der Waals surface area (Å²) in [5.41, 5.74) is 1.31. The quantitative estimate of drug-likeness (QED) is 0.364. The van der Waals surface area contributed by atoms with E-state index in [1.54, 1.807) is 6.07 Å². The number of rotatable bonds is 9. The first kappa shape index (κ1) is 25.4. The van der Waals surface area contributed by atoms with Gasteiger partial charge in [-0.3, -0.25) is 4.90 Å². The standard InChI is InChI=1S/C27H34F3N5S/c28-27(29,30)15-21-14-22-25(32-18-33-26(22)36-21)34-23-11-13-35(16-20-8-2-1-3-9-20)17-24(23)31-12-10-19-6-4-5-7-19/h1-3,8-9,14,18-19,23-24,31H,4-7,10-13,15-17H2,(H,32,33,34). The number of fused-ring (bicyclic) bond motifs is 1. The third-order valence-corrected chi connectivity index (χ3v) is 8.50. The minimum Gasteiger partial charge on any atom is -0.365 e. The van der Waals surface area contributed by atoms with E-state index in [4.69, 9.17) is 0 Å². The number of benzene rings is 1. The molecule has 2 atom stereocenters. The van der Waals surface area contributed by atoms with E-state index in [1.807, 2.05) is 6.07 Å². The van der Waals surface area contributed by atoms with Gasteiger partial charge in [0, 0.05) is 36.6 Å². The minimum absolute atomic E-state index is 0.143. The summed E-state index contributed by atoms with van der Waals surface area (Å²) in [4.78, 5) is 12.0. The monoisotopic (exact) mass is 517 g/mol. The molecular formula is C27H34F3N5S. The number of nitrogens with one attached hydrogen (secondary N) is 2. The molecule has 5 nitrogen and oxygen atoms in total. The molecule has 0 radical (unpaired) electrons. The zero-order valence-electron chi connectivity index (χ0n) is 20.4. The van der Waals surface area contributed by atoms with Gasteiger partial charge in [0.1, 0.15) is 17.0 Å². The number of thiophene rings is 1. The van der Waals surface area contributed by atoms with Crippen LogP contribution < -0.4 is 10.6 Å². The van der Waals surface area contributed by atoms with E-state index in [-0.39, 0.29) is 17.0 Å². The van der Waals surface area contributed by atoms with Crippen LogP contribution in [-0.2, 0) is 13.0 Å². The van der Waals surface area contributed by atoms with E-state index in [0.29, 0.717) is 16.0 Å². The second kappa shape index (κ2) is 11.4. The Labute approximate surface area is 214 Å². The highest BCUT2D eigenvalue weighted by atomic mass is 32.1. The Hall–Kier alpha value is -2.23. The zero-order valence-corrected chi connectivity index (χ0v) is 21.3. The van der Waals surface area contributed by atoms with Crippen molar-refractivity contribution in [1.29, 1.82) is 0 Å². The molecule has 1 aliphatic carbocycles. The van der Waals surface area contributed by atoms with Crippen molar-refractivity contribution in [2.24, 2.45) is 5.92 Å². The topological polar surface area (TPSA) is 53.1 Å². The van der Waals surface area contributed by atoms with Gasteiger partial charge in [0.15, 0.2) is 0 Å². The Kier molecular flexibility index (Phi) is 8.08. The van der Waals surface area contributed by atoms with Crippen LogP contribution in [0.4, 0.5) is 19.0 Å². The lowest BCUT2D eigenvalue weighted by Crippen LogP contribution is -2.56. The molecule has 2 fully saturated rings. The summed E-state index contributed by atoms with van der Waals surface area (Å²) in [6, 6.07) is 12.5. The fraction of sp³-hybridized carbons (Fsp3) is 0.556. The molecule has 1 aliphatic heterocycles. The van der Waals surface area contributed by atoms with E-state index in [1.165, 1.54) is 44.0 Å². The van der Waals surface area contributed by atoms with Crippen molar-refractivity contribution in [2.45, 2.75) is 69.8 Å². The molecule has 3 aromatic rings. The zero-order chi connectivity index (χ0) is 25.0. The number of hydrogen-bond donors (Lipinski definition) is 2. The summed E-state index contributed by atoms with van der Waals surface area (Å²) in [7, 11) is 0. The van der Waals surface area contributed by atoms with Gasteiger partial charge in [-0.15, -0.1) is 11.3 Å². The third kappa shape index (κ3) is 6.75. The Balaban J connectivity index is 1.29. The summed E-state index contributed by atoms with van der Waals surface area (Å²) in [6.45, 7) is 3.76. The number of aromatic nitrogens is 2. The summed E-state index contributed by atoms with van der Waals surface area (Å²) in [5.74, 6) is 1.46. The van der Waals surface area contributed by atoms with Crippen LogP contribution in [0.3, 0.4) is 0 Å². The second-order valence-electron chi connectivity index (χ2n) is 10.2. The van der Waals surface area contributed by atoms with Gasteiger partial charge < -0.3 is 10.6 Å². The van der Waals surface area contributed by atoms with Gasteiger partial charge in [0.05, 0.1) is 11.8 Å². The Morgan fingerprint density at radius 3 is 2.61 bits per heavy atom. The molecule has 5 rings (SSSR count). The van der Waals surface area contributed by atoms with Crippen molar-refractivity contribution >= 4 is 27.4 Å². The van der Waals surface area contributed by atoms with Crippen LogP contribution in [0.5, 0.6) is 0 Å². The van der Waals surface area contributed by atoms with E-state index in [2.05, 4.69) is 49.8 Å². The molecule has 9 heteroatoms. The van der Waals surface area contributed by atoms with Gasteiger partial charge in [0.2, 0.25) is 0 Å². The van der Waals surface area contributed by atoms with E-state index in [0.717, 1.165) is 49.9 Å². The van der Waals surface area contributed by atoms with Crippen LogP contribution in [-0.4, -0.2) is 52.8 Å². The van der Waals surface area contributed by atoms with Crippen LogP contribution in [0.15, 0.2) is 42.7 Å². The SMILES string of the molecule is FC(F)(F)Cc1cc2c(NC3CCN(Cc4ccccc4)CC3NCCC3CCCC3)ncnc2s1. The van der Waals surface area contributed by atoms with Crippen LogP contribution in [0, 0.1) is 5.92 Å². The first-order valence-corrected chi connectivity index (χ1v) is 13.8. The van der Waals surface area contributed by atoms with Crippen molar-refractivity contribution in [2.75, 3.05) is 25.0 Å². The fourth-order valence-electron chi connectivity index (χ4n) is 5.64. The van der Waals surface area contributed by atoms with Crippen molar-refractivity contribution < 1.29 is 13.2 Å². The lowest BCUT2D eigenvalue weighted by Gasteiger charge is -2.40. The van der Waals surface area contributed by atoms with Gasteiger partial charge >= 0.3 is 6.18 Å². The number of anilines is 1. The summed E-state index contributed by atoms with van der Waals surface area (Å²) >= 11 is 1.10. The molecule has 2 aliphatic rings. The molecule has 1 saturated carbocycles. The molecule has 0 spiro atoms. The van der Waals surface area contributed by atoms with Gasteiger partial charge in [-0.05, 0) is 36.9 Å². The molecule has 36 heavy (non-hydrogen) atoms. The van der Waals surface area contributed by atoms with Gasteiger partial charge in [-0.25, -0.2) is 9.97 Å². The molecule has 1 saturated heterocycles. The molecule has 0 bridgehead atoms. The molecule has 0 amide bonds. The van der Waals surface area contributed by atoms with E-state index >= 15 is 0 Å². The Bertz CT molecular complexity index is 1110. The highest BCUT2D eigenvalue weighted by Crippen LogP contribution is 2.33. The maximum atomic E-state index is 13.0. The Morgan fingerprint density at radius 1 is 1.03 bits per heavy atom. The van der Waals surface area contributed by atoms with Crippen molar-refractivity contribution in [1.82, 2.24) is 20.2 Å². The van der Waals surface area contributed by atoms with Gasteiger partial charge in [0.25, 0.3) is 0 Å². The van der Waals surface area contributed by atoms with Crippen LogP contribution in [0.25, 0.3) is 10.2 Å². The number of alkyl halides is 3.